The number of ether oxygens (including phenoxy) is 1. The Bertz CT molecular complexity index is 963. The van der Waals surface area contributed by atoms with Crippen molar-refractivity contribution in [2.45, 2.75) is 38.5 Å². The molecule has 0 aliphatic heterocycles. The van der Waals surface area contributed by atoms with E-state index in [0.717, 1.165) is 22.0 Å². The minimum atomic E-state index is -1.18. The Morgan fingerprint density at radius 2 is 1.79 bits per heavy atom. The number of hydrogen-bond acceptors (Lipinski definition) is 4. The maximum atomic E-state index is 12.5. The Kier molecular flexibility index (Phi) is 5.80. The zero-order valence-electron chi connectivity index (χ0n) is 16.1. The Hall–Kier alpha value is -3.12. The van der Waals surface area contributed by atoms with Crippen LogP contribution in [0.15, 0.2) is 60.8 Å². The smallest absolute Gasteiger partial charge is 0.331 e. The molecule has 4 N–H and O–H groups in total. The number of hydrogen-bond donors (Lipinski definition) is 3. The normalized spacial score (nSPS) is 12.5. The summed E-state index contributed by atoms with van der Waals surface area (Å²) < 4.78 is 5.34. The fourth-order valence-corrected chi connectivity index (χ4v) is 2.99. The van der Waals surface area contributed by atoms with Crippen molar-refractivity contribution in [2.75, 3.05) is 0 Å². The van der Waals surface area contributed by atoms with Crippen molar-refractivity contribution in [3.8, 4) is 0 Å². The maximum absolute atomic E-state index is 12.5. The molecule has 0 saturated heterocycles. The lowest BCUT2D eigenvalue weighted by atomic mass is 10.0. The summed E-state index contributed by atoms with van der Waals surface area (Å²) >= 11 is 0. The van der Waals surface area contributed by atoms with Crippen LogP contribution in [0, 0.1) is 0 Å². The third-order valence-corrected chi connectivity index (χ3v) is 4.61. The highest BCUT2D eigenvalue weighted by Gasteiger charge is 2.33. The average molecular weight is 379 g/mol. The monoisotopic (exact) mass is 379 g/mol. The number of nitrogens with two attached hydrogens (primary N) is 1. The summed E-state index contributed by atoms with van der Waals surface area (Å²) in [6.45, 7) is 3.37. The van der Waals surface area contributed by atoms with Gasteiger partial charge in [0.25, 0.3) is 0 Å². The van der Waals surface area contributed by atoms with Crippen LogP contribution in [0.4, 0.5) is 0 Å². The van der Waals surface area contributed by atoms with Gasteiger partial charge >= 0.3 is 5.97 Å². The standard InChI is InChI=1S/C22H25N3O3/c1-22(2,21(27)28-14-15-8-4-3-5-9-15)25-20(26)18(23)12-16-13-24-19-11-7-6-10-17(16)19/h3-11,13,18,24H,12,14,23H2,1-2H3,(H,25,26)/t18-/m1/s1. The molecule has 1 amide bonds. The molecule has 2 aromatic carbocycles. The molecule has 0 spiro atoms. The lowest BCUT2D eigenvalue weighted by Gasteiger charge is -2.26. The molecule has 0 radical (unpaired) electrons. The van der Waals surface area contributed by atoms with E-state index in [-0.39, 0.29) is 6.61 Å². The van der Waals surface area contributed by atoms with Crippen molar-refractivity contribution in [1.82, 2.24) is 10.3 Å². The van der Waals surface area contributed by atoms with Gasteiger partial charge in [0.2, 0.25) is 5.91 Å². The molecule has 0 bridgehead atoms. The molecular weight excluding hydrogens is 354 g/mol. The van der Waals surface area contributed by atoms with E-state index >= 15 is 0 Å². The van der Waals surface area contributed by atoms with Crippen LogP contribution >= 0.6 is 0 Å². The number of fused-ring (bicyclic) bond motifs is 1. The van der Waals surface area contributed by atoms with E-state index in [1.165, 1.54) is 0 Å². The molecule has 6 nitrogen and oxygen atoms in total. The number of rotatable bonds is 7. The van der Waals surface area contributed by atoms with Crippen LogP contribution < -0.4 is 11.1 Å². The summed E-state index contributed by atoms with van der Waals surface area (Å²) in [4.78, 5) is 28.1. The first kappa shape index (κ1) is 19.6. The summed E-state index contributed by atoms with van der Waals surface area (Å²) in [5, 5.41) is 3.74. The number of carbonyl (C=O) groups is 2. The predicted octanol–water partition coefficient (Wildman–Crippen LogP) is 2.68. The van der Waals surface area contributed by atoms with E-state index < -0.39 is 23.5 Å². The number of nitrogens with one attached hydrogen (secondary N) is 2. The third-order valence-electron chi connectivity index (χ3n) is 4.61. The van der Waals surface area contributed by atoms with Crippen molar-refractivity contribution in [2.24, 2.45) is 5.73 Å². The van der Waals surface area contributed by atoms with Gasteiger partial charge in [0.15, 0.2) is 0 Å². The molecule has 0 unspecified atom stereocenters. The first-order valence-corrected chi connectivity index (χ1v) is 9.20. The molecule has 6 heteroatoms. The van der Waals surface area contributed by atoms with Gasteiger partial charge < -0.3 is 20.8 Å². The molecule has 0 saturated carbocycles. The molecule has 1 aromatic heterocycles. The summed E-state index contributed by atoms with van der Waals surface area (Å²) in [7, 11) is 0. The van der Waals surface area contributed by atoms with Crippen LogP contribution in [0.5, 0.6) is 0 Å². The van der Waals surface area contributed by atoms with Gasteiger partial charge in [-0.1, -0.05) is 48.5 Å². The van der Waals surface area contributed by atoms with Crippen LogP contribution in [-0.4, -0.2) is 28.4 Å². The van der Waals surface area contributed by atoms with Gasteiger partial charge in [-0.2, -0.15) is 0 Å². The number of aromatic amines is 1. The van der Waals surface area contributed by atoms with Crippen LogP contribution in [-0.2, 0) is 27.4 Å². The molecule has 3 aromatic rings. The topological polar surface area (TPSA) is 97.2 Å². The number of H-pyrrole nitrogens is 1. The van der Waals surface area contributed by atoms with E-state index in [1.54, 1.807) is 13.8 Å². The van der Waals surface area contributed by atoms with Crippen LogP contribution in [0.1, 0.15) is 25.0 Å². The SMILES string of the molecule is CC(C)(NC(=O)[C@H](N)Cc1c[nH]c2ccccc12)C(=O)OCc1ccccc1. The van der Waals surface area contributed by atoms with Gasteiger partial charge in [-0.25, -0.2) is 4.79 Å². The summed E-state index contributed by atoms with van der Waals surface area (Å²) in [5.74, 6) is -0.907. The molecule has 1 heterocycles. The molecule has 3 rings (SSSR count). The minimum absolute atomic E-state index is 0.153. The van der Waals surface area contributed by atoms with Crippen LogP contribution in [0.25, 0.3) is 10.9 Å². The molecule has 28 heavy (non-hydrogen) atoms. The van der Waals surface area contributed by atoms with Crippen molar-refractivity contribution >= 4 is 22.8 Å². The Labute approximate surface area is 164 Å². The lowest BCUT2D eigenvalue weighted by molar-refractivity contribution is -0.153. The summed E-state index contributed by atoms with van der Waals surface area (Å²) in [6, 6.07) is 16.4. The quantitative estimate of drug-likeness (QED) is 0.550. The summed E-state index contributed by atoms with van der Waals surface area (Å²) in [6.07, 6.45) is 2.22. The first-order valence-electron chi connectivity index (χ1n) is 9.20. The highest BCUT2D eigenvalue weighted by Crippen LogP contribution is 2.19. The van der Waals surface area contributed by atoms with Crippen molar-refractivity contribution in [3.63, 3.8) is 0 Å². The Morgan fingerprint density at radius 3 is 2.54 bits per heavy atom. The number of benzene rings is 2. The Morgan fingerprint density at radius 1 is 1.11 bits per heavy atom. The Balaban J connectivity index is 1.57. The second-order valence-electron chi connectivity index (χ2n) is 7.35. The average Bonchev–Trinajstić information content (AvgIpc) is 3.09. The van der Waals surface area contributed by atoms with Gasteiger partial charge in [0.1, 0.15) is 12.1 Å². The highest BCUT2D eigenvalue weighted by molar-refractivity contribution is 5.90. The van der Waals surface area contributed by atoms with Crippen LogP contribution in [0.3, 0.4) is 0 Å². The van der Waals surface area contributed by atoms with E-state index in [0.29, 0.717) is 6.42 Å². The van der Waals surface area contributed by atoms with E-state index in [2.05, 4.69) is 10.3 Å². The second-order valence-corrected chi connectivity index (χ2v) is 7.35. The summed E-state index contributed by atoms with van der Waals surface area (Å²) in [5.41, 5.74) is 7.76. The zero-order chi connectivity index (χ0) is 20.1. The predicted molar refractivity (Wildman–Crippen MR) is 108 cm³/mol. The molecular formula is C22H25N3O3. The minimum Gasteiger partial charge on any atom is -0.459 e. The number of esters is 1. The lowest BCUT2D eigenvalue weighted by Crippen LogP contribution is -2.55. The molecule has 0 fully saturated rings. The first-order chi connectivity index (χ1) is 13.4. The molecule has 1 atom stereocenters. The van der Waals surface area contributed by atoms with Gasteiger partial charge in [0, 0.05) is 17.1 Å². The number of carbonyl (C=O) groups excluding carboxylic acids is 2. The van der Waals surface area contributed by atoms with Gasteiger partial charge in [-0.3, -0.25) is 4.79 Å². The van der Waals surface area contributed by atoms with Crippen molar-refractivity contribution < 1.29 is 14.3 Å². The number of aromatic nitrogens is 1. The molecule has 0 aliphatic carbocycles. The van der Waals surface area contributed by atoms with E-state index in [9.17, 15) is 9.59 Å². The van der Waals surface area contributed by atoms with Gasteiger partial charge in [-0.15, -0.1) is 0 Å². The molecule has 0 aliphatic rings. The van der Waals surface area contributed by atoms with E-state index in [4.69, 9.17) is 10.5 Å². The highest BCUT2D eigenvalue weighted by atomic mass is 16.5. The van der Waals surface area contributed by atoms with E-state index in [1.807, 2.05) is 60.8 Å². The van der Waals surface area contributed by atoms with Crippen LogP contribution in [0.2, 0.25) is 0 Å². The number of para-hydroxylation sites is 1. The largest absolute Gasteiger partial charge is 0.459 e. The van der Waals surface area contributed by atoms with Crippen molar-refractivity contribution in [1.29, 1.82) is 0 Å². The fourth-order valence-electron chi connectivity index (χ4n) is 2.99. The fraction of sp³-hybridized carbons (Fsp3) is 0.273. The van der Waals surface area contributed by atoms with Crippen molar-refractivity contribution in [3.05, 3.63) is 71.9 Å². The van der Waals surface area contributed by atoms with Gasteiger partial charge in [-0.05, 0) is 37.5 Å². The maximum Gasteiger partial charge on any atom is 0.331 e. The second kappa shape index (κ2) is 8.27. The number of amides is 1. The third kappa shape index (κ3) is 4.58. The van der Waals surface area contributed by atoms with Gasteiger partial charge in [0.05, 0.1) is 6.04 Å². The zero-order valence-corrected chi connectivity index (χ0v) is 16.1. The molecule has 146 valence electrons.